The Morgan fingerprint density at radius 3 is 1.31 bits per heavy atom. The van der Waals surface area contributed by atoms with Gasteiger partial charge in [0, 0.05) is 5.56 Å². The van der Waals surface area contributed by atoms with Gasteiger partial charge in [-0.05, 0) is 48.5 Å². The second-order valence-corrected chi connectivity index (χ2v) is 10.6. The Kier molecular flexibility index (Phi) is 8.63. The molecule has 0 aliphatic heterocycles. The largest absolute Gasteiger partial charge is 1.00 e. The predicted octanol–water partition coefficient (Wildman–Crippen LogP) is 2.45. The van der Waals surface area contributed by atoms with Gasteiger partial charge in [-0.2, -0.15) is 0 Å². The highest BCUT2D eigenvalue weighted by atomic mass is 127. The molecular weight excluding hydrogens is 548 g/mol. The van der Waals surface area contributed by atoms with Crippen LogP contribution in [0.3, 0.4) is 0 Å². The van der Waals surface area contributed by atoms with E-state index in [0.29, 0.717) is 11.0 Å². The number of benzene rings is 4. The Labute approximate surface area is 211 Å². The van der Waals surface area contributed by atoms with Crippen LogP contribution in [0.4, 0.5) is 0 Å². The minimum absolute atomic E-state index is 0. The summed E-state index contributed by atoms with van der Waals surface area (Å²) in [6.07, 6.45) is 0. The molecule has 5 heteroatoms. The van der Waals surface area contributed by atoms with Crippen LogP contribution in [0.15, 0.2) is 132 Å². The average Bonchev–Trinajstić information content (AvgIpc) is 2.86. The maximum Gasteiger partial charge on any atom is 0.258 e. The van der Waals surface area contributed by atoms with Crippen molar-refractivity contribution in [3.63, 3.8) is 0 Å². The van der Waals surface area contributed by atoms with Crippen LogP contribution in [0.1, 0.15) is 10.4 Å². The molecule has 0 fully saturated rings. The van der Waals surface area contributed by atoms with Crippen LogP contribution >= 0.6 is 18.9 Å². The number of halogens is 2. The van der Waals surface area contributed by atoms with Crippen LogP contribution in [0.5, 0.6) is 0 Å². The van der Waals surface area contributed by atoms with E-state index in [2.05, 4.69) is 41.7 Å². The van der Waals surface area contributed by atoms with Gasteiger partial charge in [-0.15, -0.1) is 0 Å². The Morgan fingerprint density at radius 2 is 0.969 bits per heavy atom. The predicted molar refractivity (Wildman–Crippen MR) is 133 cm³/mol. The van der Waals surface area contributed by atoms with Crippen molar-refractivity contribution in [2.45, 2.75) is 0 Å². The average molecular weight is 570 g/mol. The van der Waals surface area contributed by atoms with Crippen molar-refractivity contribution in [3.8, 4) is 0 Å². The molecule has 160 valence electrons. The van der Waals surface area contributed by atoms with Crippen LogP contribution in [0.25, 0.3) is 0 Å². The van der Waals surface area contributed by atoms with E-state index in [-0.39, 0.29) is 29.9 Å². The van der Waals surface area contributed by atoms with Gasteiger partial charge in [0.15, 0.2) is 12.7 Å². The van der Waals surface area contributed by atoms with E-state index < -0.39 is 7.26 Å². The molecule has 4 rings (SSSR count). The highest BCUT2D eigenvalue weighted by Crippen LogP contribution is 2.61. The zero-order valence-corrected chi connectivity index (χ0v) is 21.0. The monoisotopic (exact) mass is 569 g/mol. The summed E-state index contributed by atoms with van der Waals surface area (Å²) in [5, 5.41) is 6.51. The van der Waals surface area contributed by atoms with Crippen molar-refractivity contribution >= 4 is 40.7 Å². The van der Waals surface area contributed by atoms with Gasteiger partial charge in [-0.3, -0.25) is 10.1 Å². The van der Waals surface area contributed by atoms with Crippen molar-refractivity contribution in [1.29, 1.82) is 0 Å². The second kappa shape index (κ2) is 11.4. The highest BCUT2D eigenvalue weighted by Gasteiger charge is 2.50. The summed E-state index contributed by atoms with van der Waals surface area (Å²) in [6, 6.07) is 40.1. The van der Waals surface area contributed by atoms with E-state index in [1.54, 1.807) is 12.1 Å². The number of carbonyl (C=O) groups is 1. The highest BCUT2D eigenvalue weighted by molar-refractivity contribution is 7.99. The first kappa shape index (κ1) is 24.2. The smallest absolute Gasteiger partial charge is 0.258 e. The lowest BCUT2D eigenvalue weighted by molar-refractivity contribution is -0.0000142. The molecule has 1 amide bonds. The number of nitrogens with one attached hydrogen (secondary N) is 1. The van der Waals surface area contributed by atoms with Crippen molar-refractivity contribution in [3.05, 3.63) is 138 Å². The molecule has 0 spiro atoms. The molecule has 32 heavy (non-hydrogen) atoms. The summed E-state index contributed by atoms with van der Waals surface area (Å²) >= 11 is 6.48. The second-order valence-electron chi connectivity index (χ2n) is 6.99. The van der Waals surface area contributed by atoms with E-state index in [9.17, 15) is 4.79 Å². The van der Waals surface area contributed by atoms with E-state index in [4.69, 9.17) is 11.6 Å². The third-order valence-corrected chi connectivity index (χ3v) is 9.72. The van der Waals surface area contributed by atoms with E-state index in [1.165, 1.54) is 5.54 Å². The molecule has 0 radical (unpaired) electrons. The third kappa shape index (κ3) is 4.80. The summed E-state index contributed by atoms with van der Waals surface area (Å²) in [5.74, 6) is -0.181. The number of rotatable bonds is 6. The summed E-state index contributed by atoms with van der Waals surface area (Å²) < 4.78 is 0. The van der Waals surface area contributed by atoms with Gasteiger partial charge in [0.05, 0.1) is 5.54 Å². The van der Waals surface area contributed by atoms with E-state index >= 15 is 0 Å². The minimum atomic E-state index is -2.44. The number of hydrogen-bond donors (Lipinski definition) is 1. The molecule has 1 N–H and O–H groups in total. The van der Waals surface area contributed by atoms with E-state index in [1.807, 2.05) is 72.8 Å². The molecule has 0 unspecified atom stereocenters. The van der Waals surface area contributed by atoms with Crippen molar-refractivity contribution in [2.75, 3.05) is 0 Å². The molecule has 0 aliphatic rings. The standard InChI is InChI=1S/C27H21ClNOP.HI/c28-21-26(29-27(30)22-13-5-1-6-14-22)31(23-15-7-2-8-16-23,24-17-9-3-10-18-24)25-19-11-4-12-20-25;/h1-21H;1H/b26-21-;. The van der Waals surface area contributed by atoms with Gasteiger partial charge in [0.25, 0.3) is 5.91 Å². The fraction of sp³-hybridized carbons (Fsp3) is 0. The Balaban J connectivity index is 0.00000289. The summed E-state index contributed by atoms with van der Waals surface area (Å²) in [7, 11) is -2.44. The lowest BCUT2D eigenvalue weighted by Crippen LogP contribution is -3.00. The van der Waals surface area contributed by atoms with Crippen molar-refractivity contribution in [1.82, 2.24) is 5.32 Å². The van der Waals surface area contributed by atoms with Crippen LogP contribution < -0.4 is 45.2 Å². The molecule has 0 aliphatic carbocycles. The summed E-state index contributed by atoms with van der Waals surface area (Å²) in [6.45, 7) is 0. The number of hydrogen-bond acceptors (Lipinski definition) is 1. The summed E-state index contributed by atoms with van der Waals surface area (Å²) in [5.41, 5.74) is 2.82. The Morgan fingerprint density at radius 1 is 0.625 bits per heavy atom. The van der Waals surface area contributed by atoms with Crippen LogP contribution in [0, 0.1) is 0 Å². The zero-order chi connectivity index (χ0) is 21.5. The fourth-order valence-electron chi connectivity index (χ4n) is 3.78. The first-order valence-electron chi connectivity index (χ1n) is 10.00. The zero-order valence-electron chi connectivity index (χ0n) is 17.2. The van der Waals surface area contributed by atoms with Gasteiger partial charge in [-0.1, -0.05) is 84.4 Å². The van der Waals surface area contributed by atoms with Crippen LogP contribution in [0.2, 0.25) is 0 Å². The number of amides is 1. The van der Waals surface area contributed by atoms with Crippen molar-refractivity contribution < 1.29 is 28.8 Å². The van der Waals surface area contributed by atoms with Crippen molar-refractivity contribution in [2.24, 2.45) is 0 Å². The first-order chi connectivity index (χ1) is 15.3. The molecule has 0 saturated heterocycles. The molecule has 4 aromatic carbocycles. The van der Waals surface area contributed by atoms with Gasteiger partial charge >= 0.3 is 0 Å². The molecule has 0 saturated carbocycles. The van der Waals surface area contributed by atoms with Crippen LogP contribution in [-0.2, 0) is 0 Å². The summed E-state index contributed by atoms with van der Waals surface area (Å²) in [4.78, 5) is 13.2. The molecule has 2 nitrogen and oxygen atoms in total. The molecule has 0 heterocycles. The topological polar surface area (TPSA) is 29.1 Å². The quantitative estimate of drug-likeness (QED) is 0.281. The van der Waals surface area contributed by atoms with E-state index in [0.717, 1.165) is 15.9 Å². The maximum atomic E-state index is 13.2. The minimum Gasteiger partial charge on any atom is -1.00 e. The Bertz CT molecular complexity index is 1070. The number of carbonyl (C=O) groups excluding carboxylic acids is 1. The van der Waals surface area contributed by atoms with Gasteiger partial charge < -0.3 is 24.0 Å². The first-order valence-corrected chi connectivity index (χ1v) is 12.2. The fourth-order valence-corrected chi connectivity index (χ4v) is 8.28. The normalized spacial score (nSPS) is 11.3. The molecular formula is C27H22ClINOP. The lowest BCUT2D eigenvalue weighted by Gasteiger charge is -2.29. The molecule has 4 aromatic rings. The third-order valence-electron chi connectivity index (χ3n) is 5.17. The molecule has 0 bridgehead atoms. The lowest BCUT2D eigenvalue weighted by atomic mass is 10.2. The SMILES string of the molecule is O=C(N/C(=C/Cl)[P+](c1ccccc1)(c1ccccc1)c1ccccc1)c1ccccc1.[I-]. The molecule has 0 atom stereocenters. The Hall–Kier alpha value is -2.46. The van der Waals surface area contributed by atoms with Gasteiger partial charge in [-0.25, -0.2) is 0 Å². The van der Waals surface area contributed by atoms with Crippen LogP contribution in [-0.4, -0.2) is 5.91 Å². The maximum absolute atomic E-state index is 13.2. The van der Waals surface area contributed by atoms with Gasteiger partial charge in [0.1, 0.15) is 15.9 Å². The molecule has 0 aromatic heterocycles. The van der Waals surface area contributed by atoms with Gasteiger partial charge in [0.2, 0.25) is 0 Å².